The lowest BCUT2D eigenvalue weighted by Crippen LogP contribution is -2.08. The van der Waals surface area contributed by atoms with E-state index in [0.29, 0.717) is 5.56 Å². The summed E-state index contributed by atoms with van der Waals surface area (Å²) in [5.41, 5.74) is 0.787. The summed E-state index contributed by atoms with van der Waals surface area (Å²) in [7, 11) is 0. The van der Waals surface area contributed by atoms with Crippen LogP contribution in [0.5, 0.6) is 0 Å². The van der Waals surface area contributed by atoms with E-state index in [9.17, 15) is 18.0 Å². The Labute approximate surface area is 151 Å². The second-order valence-electron chi connectivity index (χ2n) is 5.43. The number of rotatable bonds is 4. The molecule has 0 saturated carbocycles. The summed E-state index contributed by atoms with van der Waals surface area (Å²) in [5.74, 6) is -0.630. The summed E-state index contributed by atoms with van der Waals surface area (Å²) in [6.45, 7) is 3.72. The van der Waals surface area contributed by atoms with Crippen molar-refractivity contribution in [1.82, 2.24) is 14.8 Å². The molecule has 0 aliphatic rings. The zero-order chi connectivity index (χ0) is 18.9. The molecular formula is C17H14F3N3O2S. The van der Waals surface area contributed by atoms with Crippen LogP contribution in [-0.4, -0.2) is 27.3 Å². The molecule has 5 nitrogen and oxygen atoms in total. The quantitative estimate of drug-likeness (QED) is 0.625. The molecule has 3 aromatic rings. The van der Waals surface area contributed by atoms with Crippen molar-refractivity contribution < 1.29 is 22.7 Å². The summed E-state index contributed by atoms with van der Waals surface area (Å²) < 4.78 is 45.4. The normalized spacial score (nSPS) is 11.6. The largest absolute Gasteiger partial charge is 0.461 e. The van der Waals surface area contributed by atoms with Crippen molar-refractivity contribution in [2.75, 3.05) is 6.61 Å². The van der Waals surface area contributed by atoms with Crippen LogP contribution in [0, 0.1) is 6.92 Å². The van der Waals surface area contributed by atoms with Gasteiger partial charge in [0.1, 0.15) is 0 Å². The van der Waals surface area contributed by atoms with Crippen molar-refractivity contribution in [2.45, 2.75) is 20.0 Å². The zero-order valence-electron chi connectivity index (χ0n) is 13.9. The average Bonchev–Trinajstić information content (AvgIpc) is 3.22. The molecular weight excluding hydrogens is 367 g/mol. The molecule has 0 saturated heterocycles. The zero-order valence-corrected chi connectivity index (χ0v) is 14.7. The van der Waals surface area contributed by atoms with E-state index in [4.69, 9.17) is 4.74 Å². The number of carbonyl (C=O) groups excluding carboxylic acids is 1. The van der Waals surface area contributed by atoms with Gasteiger partial charge in [0.05, 0.1) is 12.3 Å². The van der Waals surface area contributed by atoms with Gasteiger partial charge in [0.25, 0.3) is 0 Å². The number of nitrogens with zero attached hydrogens (tertiary/aromatic N) is 3. The molecule has 0 radical (unpaired) electrons. The highest BCUT2D eigenvalue weighted by Crippen LogP contribution is 2.33. The van der Waals surface area contributed by atoms with Crippen LogP contribution >= 0.6 is 11.3 Å². The van der Waals surface area contributed by atoms with Gasteiger partial charge < -0.3 is 4.74 Å². The summed E-state index contributed by atoms with van der Waals surface area (Å²) in [5, 5.41) is 5.24. The van der Waals surface area contributed by atoms with Gasteiger partial charge in [0.15, 0.2) is 11.4 Å². The highest BCUT2D eigenvalue weighted by Gasteiger charge is 2.35. The molecule has 1 aromatic carbocycles. The minimum atomic E-state index is -4.59. The Hall–Kier alpha value is -2.68. The van der Waals surface area contributed by atoms with Gasteiger partial charge in [0.2, 0.25) is 5.13 Å². The molecule has 136 valence electrons. The predicted octanol–water partition coefficient (Wildman–Crippen LogP) is 4.50. The maximum Gasteiger partial charge on any atom is 0.435 e. The van der Waals surface area contributed by atoms with Crippen molar-refractivity contribution in [2.24, 2.45) is 0 Å². The van der Waals surface area contributed by atoms with Crippen LogP contribution in [0.3, 0.4) is 0 Å². The van der Waals surface area contributed by atoms with E-state index in [1.807, 2.05) is 6.92 Å². The SMILES string of the molecule is CCOC(=O)c1csc(-n2nc(C(F)(F)F)cc2-c2ccc(C)cc2)n1. The average molecular weight is 381 g/mol. The van der Waals surface area contributed by atoms with Crippen LogP contribution in [-0.2, 0) is 10.9 Å². The van der Waals surface area contributed by atoms with E-state index in [1.54, 1.807) is 31.2 Å². The number of hydrogen-bond acceptors (Lipinski definition) is 5. The van der Waals surface area contributed by atoms with E-state index in [-0.39, 0.29) is 23.1 Å². The molecule has 2 aromatic heterocycles. The van der Waals surface area contributed by atoms with Gasteiger partial charge in [-0.1, -0.05) is 29.8 Å². The molecule has 0 atom stereocenters. The molecule has 0 N–H and O–H groups in total. The number of esters is 1. The fraction of sp³-hybridized carbons (Fsp3) is 0.235. The number of thiazole rings is 1. The maximum atomic E-state index is 13.1. The summed E-state index contributed by atoms with van der Waals surface area (Å²) >= 11 is 1.01. The molecule has 0 unspecified atom stereocenters. The van der Waals surface area contributed by atoms with Crippen LogP contribution in [0.25, 0.3) is 16.4 Å². The van der Waals surface area contributed by atoms with E-state index in [0.717, 1.165) is 27.6 Å². The number of alkyl halides is 3. The molecule has 0 aliphatic heterocycles. The lowest BCUT2D eigenvalue weighted by atomic mass is 10.1. The summed E-state index contributed by atoms with van der Waals surface area (Å²) in [4.78, 5) is 15.8. The monoisotopic (exact) mass is 381 g/mol. The Bertz CT molecular complexity index is 930. The first-order valence-corrected chi connectivity index (χ1v) is 8.55. The minimum Gasteiger partial charge on any atom is -0.461 e. The molecule has 0 aliphatic carbocycles. The van der Waals surface area contributed by atoms with E-state index in [1.165, 1.54) is 5.38 Å². The first-order valence-electron chi connectivity index (χ1n) is 7.67. The Morgan fingerprint density at radius 2 is 1.96 bits per heavy atom. The van der Waals surface area contributed by atoms with Gasteiger partial charge >= 0.3 is 12.1 Å². The standard InChI is InChI=1S/C17H14F3N3O2S/c1-3-25-15(24)12-9-26-16(21-12)23-13(8-14(22-23)17(18,19)20)11-6-4-10(2)5-7-11/h4-9H,3H2,1-2H3. The lowest BCUT2D eigenvalue weighted by Gasteiger charge is -2.04. The highest BCUT2D eigenvalue weighted by molar-refractivity contribution is 7.12. The van der Waals surface area contributed by atoms with Crippen molar-refractivity contribution in [3.05, 3.63) is 52.7 Å². The molecule has 3 rings (SSSR count). The van der Waals surface area contributed by atoms with Crippen LogP contribution in [0.4, 0.5) is 13.2 Å². The van der Waals surface area contributed by atoms with Crippen molar-refractivity contribution in [3.63, 3.8) is 0 Å². The number of halogens is 3. The van der Waals surface area contributed by atoms with E-state index >= 15 is 0 Å². The van der Waals surface area contributed by atoms with E-state index in [2.05, 4.69) is 10.1 Å². The van der Waals surface area contributed by atoms with Crippen molar-refractivity contribution in [1.29, 1.82) is 0 Å². The Kier molecular flexibility index (Phi) is 4.82. The molecule has 0 amide bonds. The van der Waals surface area contributed by atoms with Gasteiger partial charge in [0, 0.05) is 10.9 Å². The number of carbonyl (C=O) groups is 1. The molecule has 9 heteroatoms. The second-order valence-corrected chi connectivity index (χ2v) is 6.26. The molecule has 26 heavy (non-hydrogen) atoms. The Balaban J connectivity index is 2.09. The van der Waals surface area contributed by atoms with Gasteiger partial charge in [-0.05, 0) is 19.9 Å². The summed E-state index contributed by atoms with van der Waals surface area (Å²) in [6.07, 6.45) is -4.59. The Morgan fingerprint density at radius 1 is 1.27 bits per heavy atom. The predicted molar refractivity (Wildman–Crippen MR) is 90.4 cm³/mol. The first-order chi connectivity index (χ1) is 12.3. The van der Waals surface area contributed by atoms with Crippen molar-refractivity contribution in [3.8, 4) is 16.4 Å². The maximum absolute atomic E-state index is 13.1. The number of hydrogen-bond donors (Lipinski definition) is 0. The van der Waals surface area contributed by atoms with Crippen LogP contribution < -0.4 is 0 Å². The third-order valence-electron chi connectivity index (χ3n) is 3.50. The summed E-state index contributed by atoms with van der Waals surface area (Å²) in [6, 6.07) is 7.99. The van der Waals surface area contributed by atoms with Crippen molar-refractivity contribution >= 4 is 17.3 Å². The fourth-order valence-electron chi connectivity index (χ4n) is 2.26. The third-order valence-corrected chi connectivity index (χ3v) is 4.32. The number of aryl methyl sites for hydroxylation is 1. The van der Waals surface area contributed by atoms with Crippen LogP contribution in [0.2, 0.25) is 0 Å². The van der Waals surface area contributed by atoms with E-state index < -0.39 is 17.8 Å². The first kappa shape index (κ1) is 18.1. The third kappa shape index (κ3) is 3.62. The van der Waals surface area contributed by atoms with Gasteiger partial charge in [-0.3, -0.25) is 0 Å². The number of benzene rings is 1. The van der Waals surface area contributed by atoms with Gasteiger partial charge in [-0.25, -0.2) is 14.5 Å². The Morgan fingerprint density at radius 3 is 2.58 bits per heavy atom. The van der Waals surface area contributed by atoms with Gasteiger partial charge in [-0.15, -0.1) is 11.3 Å². The molecule has 0 bridgehead atoms. The number of ether oxygens (including phenoxy) is 1. The van der Waals surface area contributed by atoms with Crippen LogP contribution in [0.1, 0.15) is 28.7 Å². The second kappa shape index (κ2) is 6.91. The topological polar surface area (TPSA) is 57.0 Å². The van der Waals surface area contributed by atoms with Gasteiger partial charge in [-0.2, -0.15) is 18.3 Å². The smallest absolute Gasteiger partial charge is 0.435 e. The molecule has 0 spiro atoms. The highest BCUT2D eigenvalue weighted by atomic mass is 32.1. The molecule has 2 heterocycles. The number of aromatic nitrogens is 3. The molecule has 0 fully saturated rings. The lowest BCUT2D eigenvalue weighted by molar-refractivity contribution is -0.141. The minimum absolute atomic E-state index is 0.0331. The fourth-order valence-corrected chi connectivity index (χ4v) is 3.01. The van der Waals surface area contributed by atoms with Crippen LogP contribution in [0.15, 0.2) is 35.7 Å².